The van der Waals surface area contributed by atoms with Crippen molar-refractivity contribution >= 4 is 5.69 Å². The summed E-state index contributed by atoms with van der Waals surface area (Å²) in [7, 11) is 0. The molecule has 1 heterocycles. The van der Waals surface area contributed by atoms with Crippen molar-refractivity contribution in [3.8, 4) is 6.07 Å². The molecule has 1 aliphatic heterocycles. The van der Waals surface area contributed by atoms with E-state index < -0.39 is 11.7 Å². The number of alkyl halides is 3. The van der Waals surface area contributed by atoms with Gasteiger partial charge in [-0.15, -0.1) is 0 Å². The molecule has 0 bridgehead atoms. The van der Waals surface area contributed by atoms with E-state index in [4.69, 9.17) is 5.26 Å². The van der Waals surface area contributed by atoms with E-state index in [1.165, 1.54) is 12.1 Å². The quantitative estimate of drug-likeness (QED) is 0.876. The average molecular weight is 283 g/mol. The first-order chi connectivity index (χ1) is 9.34. The summed E-state index contributed by atoms with van der Waals surface area (Å²) in [4.78, 5) is 0. The van der Waals surface area contributed by atoms with Gasteiger partial charge in [-0.3, -0.25) is 0 Å². The maximum Gasteiger partial charge on any atom is 0.417 e. The number of nitriles is 1. The van der Waals surface area contributed by atoms with Gasteiger partial charge >= 0.3 is 6.18 Å². The van der Waals surface area contributed by atoms with Gasteiger partial charge < -0.3 is 10.6 Å². The molecule has 1 saturated heterocycles. The van der Waals surface area contributed by atoms with Crippen LogP contribution in [-0.2, 0) is 6.18 Å². The van der Waals surface area contributed by atoms with E-state index in [2.05, 4.69) is 10.6 Å². The molecule has 1 aromatic rings. The van der Waals surface area contributed by atoms with Gasteiger partial charge in [0.05, 0.1) is 17.2 Å². The third-order valence-corrected chi connectivity index (χ3v) is 3.60. The van der Waals surface area contributed by atoms with Crippen LogP contribution in [0, 0.1) is 11.3 Å². The highest BCUT2D eigenvalue weighted by molar-refractivity contribution is 5.54. The molecule has 1 aliphatic rings. The Hall–Kier alpha value is -1.74. The highest BCUT2D eigenvalue weighted by atomic mass is 19.4. The van der Waals surface area contributed by atoms with E-state index in [1.54, 1.807) is 6.07 Å². The molecular formula is C14H16F3N3. The molecule has 1 fully saturated rings. The van der Waals surface area contributed by atoms with Crippen LogP contribution >= 0.6 is 0 Å². The van der Waals surface area contributed by atoms with Crippen molar-refractivity contribution in [1.29, 1.82) is 5.26 Å². The van der Waals surface area contributed by atoms with Crippen LogP contribution in [0.1, 0.15) is 30.9 Å². The topological polar surface area (TPSA) is 47.9 Å². The van der Waals surface area contributed by atoms with Gasteiger partial charge in [-0.05, 0) is 51.1 Å². The van der Waals surface area contributed by atoms with Crippen LogP contribution in [0.2, 0.25) is 0 Å². The zero-order valence-corrected chi connectivity index (χ0v) is 11.1. The molecule has 3 nitrogen and oxygen atoms in total. The second-order valence-corrected chi connectivity index (χ2v) is 5.31. The minimum absolute atomic E-state index is 0.155. The van der Waals surface area contributed by atoms with Gasteiger partial charge in [0, 0.05) is 11.2 Å². The fraction of sp³-hybridized carbons (Fsp3) is 0.500. The molecule has 0 radical (unpaired) electrons. The summed E-state index contributed by atoms with van der Waals surface area (Å²) in [6.45, 7) is 3.78. The molecule has 0 saturated carbocycles. The van der Waals surface area contributed by atoms with E-state index in [0.29, 0.717) is 5.69 Å². The second kappa shape index (κ2) is 5.33. The third-order valence-electron chi connectivity index (χ3n) is 3.60. The van der Waals surface area contributed by atoms with Crippen LogP contribution in [0.5, 0.6) is 0 Å². The number of nitrogens with one attached hydrogen (secondary N) is 2. The lowest BCUT2D eigenvalue weighted by Crippen LogP contribution is -2.45. The summed E-state index contributed by atoms with van der Waals surface area (Å²) in [6, 6.07) is 5.24. The molecule has 1 aromatic carbocycles. The zero-order valence-electron chi connectivity index (χ0n) is 11.1. The highest BCUT2D eigenvalue weighted by Crippen LogP contribution is 2.34. The van der Waals surface area contributed by atoms with Crippen molar-refractivity contribution in [3.63, 3.8) is 0 Å². The average Bonchev–Trinajstić information content (AvgIpc) is 2.37. The summed E-state index contributed by atoms with van der Waals surface area (Å²) in [5, 5.41) is 15.4. The lowest BCUT2D eigenvalue weighted by Gasteiger charge is -2.36. The van der Waals surface area contributed by atoms with Crippen LogP contribution in [0.15, 0.2) is 18.2 Å². The number of anilines is 1. The van der Waals surface area contributed by atoms with Crippen LogP contribution in [0.25, 0.3) is 0 Å². The number of benzene rings is 1. The van der Waals surface area contributed by atoms with Gasteiger partial charge in [0.15, 0.2) is 0 Å². The maximum atomic E-state index is 12.7. The molecule has 6 heteroatoms. The number of hydrogen-bond donors (Lipinski definition) is 2. The van der Waals surface area contributed by atoms with Gasteiger partial charge in [-0.2, -0.15) is 18.4 Å². The smallest absolute Gasteiger partial charge is 0.380 e. The Balaban J connectivity index is 2.24. The predicted octanol–water partition coefficient (Wildman–Crippen LogP) is 3.13. The van der Waals surface area contributed by atoms with Crippen molar-refractivity contribution in [2.45, 2.75) is 31.5 Å². The number of hydrogen-bond acceptors (Lipinski definition) is 3. The molecule has 0 unspecified atom stereocenters. The van der Waals surface area contributed by atoms with Crippen molar-refractivity contribution in [2.75, 3.05) is 18.4 Å². The Kier molecular flexibility index (Phi) is 3.91. The molecule has 0 atom stereocenters. The van der Waals surface area contributed by atoms with E-state index in [1.807, 2.05) is 6.92 Å². The number of halogens is 3. The van der Waals surface area contributed by atoms with Crippen molar-refractivity contribution < 1.29 is 13.2 Å². The Morgan fingerprint density at radius 3 is 2.50 bits per heavy atom. The van der Waals surface area contributed by atoms with Crippen LogP contribution < -0.4 is 10.6 Å². The molecule has 0 amide bonds. The number of nitrogens with zero attached hydrogens (tertiary/aromatic N) is 1. The fourth-order valence-corrected chi connectivity index (χ4v) is 2.41. The SMILES string of the molecule is CC1(Nc2ccc(C(F)(F)F)c(C#N)c2)CCNCC1. The maximum absolute atomic E-state index is 12.7. The predicted molar refractivity (Wildman–Crippen MR) is 70.3 cm³/mol. The lowest BCUT2D eigenvalue weighted by atomic mass is 9.90. The first kappa shape index (κ1) is 14.7. The van der Waals surface area contributed by atoms with Crippen LogP contribution in [0.3, 0.4) is 0 Å². The van der Waals surface area contributed by atoms with Gasteiger partial charge in [-0.1, -0.05) is 0 Å². The van der Waals surface area contributed by atoms with Gasteiger partial charge in [0.1, 0.15) is 0 Å². The first-order valence-corrected chi connectivity index (χ1v) is 6.44. The summed E-state index contributed by atoms with van der Waals surface area (Å²) in [5.41, 5.74) is -0.836. The van der Waals surface area contributed by atoms with Crippen molar-refractivity contribution in [3.05, 3.63) is 29.3 Å². The molecule has 2 N–H and O–H groups in total. The van der Waals surface area contributed by atoms with Crippen LogP contribution in [0.4, 0.5) is 18.9 Å². The Labute approximate surface area is 115 Å². The molecule has 108 valence electrons. The van der Waals surface area contributed by atoms with Gasteiger partial charge in [0.25, 0.3) is 0 Å². The summed E-state index contributed by atoms with van der Waals surface area (Å²) >= 11 is 0. The molecule has 2 rings (SSSR count). The Morgan fingerprint density at radius 2 is 1.95 bits per heavy atom. The second-order valence-electron chi connectivity index (χ2n) is 5.31. The highest BCUT2D eigenvalue weighted by Gasteiger charge is 2.34. The summed E-state index contributed by atoms with van der Waals surface area (Å²) in [5.74, 6) is 0. The minimum Gasteiger partial charge on any atom is -0.380 e. The molecule has 20 heavy (non-hydrogen) atoms. The van der Waals surface area contributed by atoms with Gasteiger partial charge in [-0.25, -0.2) is 0 Å². The fourth-order valence-electron chi connectivity index (χ4n) is 2.41. The Morgan fingerprint density at radius 1 is 1.30 bits per heavy atom. The van der Waals surface area contributed by atoms with Gasteiger partial charge in [0.2, 0.25) is 0 Å². The van der Waals surface area contributed by atoms with E-state index in [0.717, 1.165) is 32.0 Å². The summed E-state index contributed by atoms with van der Waals surface area (Å²) in [6.07, 6.45) is -2.73. The number of piperidine rings is 1. The van der Waals surface area contributed by atoms with E-state index in [-0.39, 0.29) is 11.1 Å². The number of rotatable bonds is 2. The van der Waals surface area contributed by atoms with E-state index in [9.17, 15) is 13.2 Å². The zero-order chi connectivity index (χ0) is 14.8. The van der Waals surface area contributed by atoms with Crippen molar-refractivity contribution in [2.24, 2.45) is 0 Å². The molecule has 0 spiro atoms. The third kappa shape index (κ3) is 3.23. The van der Waals surface area contributed by atoms with E-state index >= 15 is 0 Å². The monoisotopic (exact) mass is 283 g/mol. The Bertz CT molecular complexity index is 525. The summed E-state index contributed by atoms with van der Waals surface area (Å²) < 4.78 is 38.2. The normalized spacial score (nSPS) is 18.4. The van der Waals surface area contributed by atoms with Crippen molar-refractivity contribution in [1.82, 2.24) is 5.32 Å². The minimum atomic E-state index is -4.50. The molecular weight excluding hydrogens is 267 g/mol. The molecule has 0 aromatic heterocycles. The standard InChI is InChI=1S/C14H16F3N3/c1-13(4-6-19-7-5-13)20-11-2-3-12(14(15,16)17)10(8-11)9-18/h2-3,8,19-20H,4-7H2,1H3. The first-order valence-electron chi connectivity index (χ1n) is 6.44. The van der Waals surface area contributed by atoms with Crippen LogP contribution in [-0.4, -0.2) is 18.6 Å². The molecule has 0 aliphatic carbocycles. The lowest BCUT2D eigenvalue weighted by molar-refractivity contribution is -0.137. The largest absolute Gasteiger partial charge is 0.417 e.